The molecule has 0 radical (unpaired) electrons. The molecular weight excluding hydrogens is 242 g/mol. The van der Waals surface area contributed by atoms with Crippen molar-refractivity contribution in [2.45, 2.75) is 64.2 Å². The molecule has 0 N–H and O–H groups in total. The zero-order valence-electron chi connectivity index (χ0n) is 12.9. The van der Waals surface area contributed by atoms with Crippen molar-refractivity contribution < 1.29 is 14.3 Å². The number of carbonyl (C=O) groups excluding carboxylic acids is 1. The molecule has 2 saturated heterocycles. The first-order valence-electron chi connectivity index (χ1n) is 7.27. The van der Waals surface area contributed by atoms with E-state index in [2.05, 4.69) is 32.6 Å². The van der Waals surface area contributed by atoms with Crippen LogP contribution in [0.1, 0.15) is 47.0 Å². The minimum Gasteiger partial charge on any atom is -0.469 e. The molecule has 110 valence electrons. The fraction of sp³-hybridized carbons (Fsp3) is 0.933. The Hall–Kier alpha value is -0.610. The summed E-state index contributed by atoms with van der Waals surface area (Å²) in [6.07, 6.45) is 3.03. The maximum atomic E-state index is 11.7. The largest absolute Gasteiger partial charge is 0.469 e. The Morgan fingerprint density at radius 2 is 2.00 bits per heavy atom. The molecule has 0 spiro atoms. The van der Waals surface area contributed by atoms with E-state index in [0.29, 0.717) is 6.04 Å². The molecule has 0 saturated carbocycles. The molecule has 0 amide bonds. The monoisotopic (exact) mass is 269 g/mol. The number of likely N-dealkylation sites (tertiary alicyclic amines) is 1. The SMILES string of the molecule is COC(=O)[C@H]1CCCN(C2CC(C)(C)OC2(C)C)C1. The lowest BCUT2D eigenvalue weighted by Gasteiger charge is -2.40. The predicted octanol–water partition coefficient (Wildman–Crippen LogP) is 2.22. The molecular formula is C15H27NO3. The quantitative estimate of drug-likeness (QED) is 0.721. The average molecular weight is 269 g/mol. The summed E-state index contributed by atoms with van der Waals surface area (Å²) < 4.78 is 11.1. The summed E-state index contributed by atoms with van der Waals surface area (Å²) in [6.45, 7) is 10.5. The van der Waals surface area contributed by atoms with Gasteiger partial charge in [0.05, 0.1) is 24.2 Å². The van der Waals surface area contributed by atoms with E-state index in [-0.39, 0.29) is 23.1 Å². The summed E-state index contributed by atoms with van der Waals surface area (Å²) in [5, 5.41) is 0. The molecule has 0 bridgehead atoms. The third-order valence-electron chi connectivity index (χ3n) is 4.45. The minimum atomic E-state index is -0.151. The van der Waals surface area contributed by atoms with Crippen LogP contribution in [0, 0.1) is 5.92 Å². The zero-order chi connectivity index (χ0) is 14.3. The molecule has 4 heteroatoms. The van der Waals surface area contributed by atoms with Crippen LogP contribution in [-0.2, 0) is 14.3 Å². The fourth-order valence-corrected chi connectivity index (χ4v) is 3.75. The van der Waals surface area contributed by atoms with Gasteiger partial charge in [0.2, 0.25) is 0 Å². The van der Waals surface area contributed by atoms with Crippen LogP contribution < -0.4 is 0 Å². The maximum Gasteiger partial charge on any atom is 0.309 e. The van der Waals surface area contributed by atoms with E-state index in [1.807, 2.05) is 0 Å². The third-order valence-corrected chi connectivity index (χ3v) is 4.45. The lowest BCUT2D eigenvalue weighted by atomic mass is 9.89. The van der Waals surface area contributed by atoms with Gasteiger partial charge in [-0.05, 0) is 53.5 Å². The highest BCUT2D eigenvalue weighted by molar-refractivity contribution is 5.72. The lowest BCUT2D eigenvalue weighted by Crippen LogP contribution is -2.51. The van der Waals surface area contributed by atoms with E-state index in [1.165, 1.54) is 7.11 Å². The van der Waals surface area contributed by atoms with Crippen molar-refractivity contribution in [2.24, 2.45) is 5.92 Å². The highest BCUT2D eigenvalue weighted by Gasteiger charge is 2.49. The van der Waals surface area contributed by atoms with Gasteiger partial charge in [0.25, 0.3) is 0 Å². The fourth-order valence-electron chi connectivity index (χ4n) is 3.75. The lowest BCUT2D eigenvalue weighted by molar-refractivity contribution is -0.148. The second-order valence-electron chi connectivity index (χ2n) is 7.04. The standard InChI is InChI=1S/C15H27NO3/c1-14(2)9-12(15(3,4)19-14)16-8-6-7-11(10-16)13(17)18-5/h11-12H,6-10H2,1-5H3/t11-,12?/m0/s1. The van der Waals surface area contributed by atoms with Crippen molar-refractivity contribution in [3.8, 4) is 0 Å². The molecule has 2 rings (SSSR count). The predicted molar refractivity (Wildman–Crippen MR) is 74.0 cm³/mol. The molecule has 4 nitrogen and oxygen atoms in total. The first-order valence-corrected chi connectivity index (χ1v) is 7.27. The zero-order valence-corrected chi connectivity index (χ0v) is 12.9. The average Bonchev–Trinajstić information content (AvgIpc) is 2.56. The van der Waals surface area contributed by atoms with Crippen molar-refractivity contribution in [2.75, 3.05) is 20.2 Å². The molecule has 1 unspecified atom stereocenters. The molecule has 0 aromatic heterocycles. The van der Waals surface area contributed by atoms with Gasteiger partial charge in [0.15, 0.2) is 0 Å². The Bertz CT molecular complexity index is 351. The van der Waals surface area contributed by atoms with Crippen LogP contribution in [0.2, 0.25) is 0 Å². The Morgan fingerprint density at radius 1 is 1.32 bits per heavy atom. The minimum absolute atomic E-state index is 0.0262. The molecule has 2 fully saturated rings. The van der Waals surface area contributed by atoms with Gasteiger partial charge in [-0.1, -0.05) is 0 Å². The Balaban J connectivity index is 2.07. The number of ether oxygens (including phenoxy) is 2. The van der Waals surface area contributed by atoms with Crippen molar-refractivity contribution in [1.29, 1.82) is 0 Å². The summed E-state index contributed by atoms with van der Waals surface area (Å²) in [4.78, 5) is 14.2. The number of carbonyl (C=O) groups is 1. The van der Waals surface area contributed by atoms with Gasteiger partial charge in [-0.2, -0.15) is 0 Å². The Labute approximate surface area is 116 Å². The van der Waals surface area contributed by atoms with E-state index in [9.17, 15) is 4.79 Å². The second kappa shape index (κ2) is 5.06. The van der Waals surface area contributed by atoms with E-state index in [0.717, 1.165) is 32.4 Å². The van der Waals surface area contributed by atoms with Crippen molar-refractivity contribution in [1.82, 2.24) is 4.90 Å². The van der Waals surface area contributed by atoms with Crippen LogP contribution in [0.4, 0.5) is 0 Å². The summed E-state index contributed by atoms with van der Waals surface area (Å²) in [6, 6.07) is 0.384. The van der Waals surface area contributed by atoms with E-state index in [4.69, 9.17) is 9.47 Å². The Morgan fingerprint density at radius 3 is 2.53 bits per heavy atom. The molecule has 2 atom stereocenters. The van der Waals surface area contributed by atoms with E-state index in [1.54, 1.807) is 0 Å². The molecule has 2 heterocycles. The first kappa shape index (κ1) is 14.8. The number of hydrogen-bond donors (Lipinski definition) is 0. The van der Waals surface area contributed by atoms with Gasteiger partial charge < -0.3 is 9.47 Å². The van der Waals surface area contributed by atoms with Crippen LogP contribution in [0.5, 0.6) is 0 Å². The van der Waals surface area contributed by atoms with Crippen LogP contribution in [0.15, 0.2) is 0 Å². The maximum absolute atomic E-state index is 11.7. The highest BCUT2D eigenvalue weighted by Crippen LogP contribution is 2.41. The number of hydrogen-bond acceptors (Lipinski definition) is 4. The van der Waals surface area contributed by atoms with Crippen molar-refractivity contribution in [3.63, 3.8) is 0 Å². The number of rotatable bonds is 2. The van der Waals surface area contributed by atoms with Crippen molar-refractivity contribution in [3.05, 3.63) is 0 Å². The van der Waals surface area contributed by atoms with Gasteiger partial charge in [0.1, 0.15) is 0 Å². The van der Waals surface area contributed by atoms with Crippen LogP contribution in [-0.4, -0.2) is 48.3 Å². The Kier molecular flexibility index (Phi) is 3.94. The van der Waals surface area contributed by atoms with Gasteiger partial charge >= 0.3 is 5.97 Å². The van der Waals surface area contributed by atoms with Gasteiger partial charge in [0, 0.05) is 12.6 Å². The molecule has 2 aliphatic heterocycles. The number of esters is 1. The van der Waals surface area contributed by atoms with Crippen molar-refractivity contribution >= 4 is 5.97 Å². The smallest absolute Gasteiger partial charge is 0.309 e. The molecule has 0 aromatic rings. The van der Waals surface area contributed by atoms with E-state index < -0.39 is 0 Å². The molecule has 2 aliphatic rings. The third kappa shape index (κ3) is 3.11. The molecule has 0 aromatic carbocycles. The number of methoxy groups -OCH3 is 1. The number of piperidine rings is 1. The van der Waals surface area contributed by atoms with Gasteiger partial charge in [-0.15, -0.1) is 0 Å². The molecule has 0 aliphatic carbocycles. The summed E-state index contributed by atoms with van der Waals surface area (Å²) in [5.74, 6) is -0.0426. The first-order chi connectivity index (χ1) is 8.75. The number of nitrogens with zero attached hydrogens (tertiary/aromatic N) is 1. The van der Waals surface area contributed by atoms with Crippen LogP contribution in [0.25, 0.3) is 0 Å². The normalized spacial score (nSPS) is 34.2. The summed E-state index contributed by atoms with van der Waals surface area (Å²) in [5.41, 5.74) is -0.228. The van der Waals surface area contributed by atoms with Gasteiger partial charge in [-0.25, -0.2) is 0 Å². The van der Waals surface area contributed by atoms with Crippen LogP contribution >= 0.6 is 0 Å². The second-order valence-corrected chi connectivity index (χ2v) is 7.04. The highest BCUT2D eigenvalue weighted by atomic mass is 16.5. The van der Waals surface area contributed by atoms with Crippen LogP contribution in [0.3, 0.4) is 0 Å². The topological polar surface area (TPSA) is 38.8 Å². The summed E-state index contributed by atoms with van der Waals surface area (Å²) >= 11 is 0. The van der Waals surface area contributed by atoms with Gasteiger partial charge in [-0.3, -0.25) is 9.69 Å². The molecule has 19 heavy (non-hydrogen) atoms. The summed E-state index contributed by atoms with van der Waals surface area (Å²) in [7, 11) is 1.48. The van der Waals surface area contributed by atoms with E-state index >= 15 is 0 Å².